The van der Waals surface area contributed by atoms with Crippen molar-refractivity contribution < 1.29 is 4.74 Å². The number of halogens is 1. The summed E-state index contributed by atoms with van der Waals surface area (Å²) in [6, 6.07) is 8.44. The molecule has 0 bridgehead atoms. The Bertz CT molecular complexity index is 435. The molecule has 2 N–H and O–H groups in total. The predicted octanol–water partition coefficient (Wildman–Crippen LogP) is 3.48. The van der Waals surface area contributed by atoms with E-state index in [0.717, 1.165) is 44.0 Å². The summed E-state index contributed by atoms with van der Waals surface area (Å²) in [5.74, 6) is 0.703. The van der Waals surface area contributed by atoms with Crippen molar-refractivity contribution in [3.63, 3.8) is 0 Å². The van der Waals surface area contributed by atoms with E-state index in [4.69, 9.17) is 22.1 Å². The molecule has 1 fully saturated rings. The largest absolute Gasteiger partial charge is 0.381 e. The Kier molecular flexibility index (Phi) is 6.49. The molecule has 1 aromatic carbocycles. The average molecular weight is 311 g/mol. The van der Waals surface area contributed by atoms with Gasteiger partial charge in [-0.25, -0.2) is 0 Å². The molecule has 2 unspecified atom stereocenters. The van der Waals surface area contributed by atoms with E-state index in [1.807, 2.05) is 18.2 Å². The SMILES string of the molecule is CCC(N)C(c1cccc(Cl)c1)N(C)CC1CCOCC1. The molecule has 118 valence electrons. The highest BCUT2D eigenvalue weighted by molar-refractivity contribution is 6.30. The van der Waals surface area contributed by atoms with E-state index >= 15 is 0 Å². The van der Waals surface area contributed by atoms with Crippen LogP contribution in [0.3, 0.4) is 0 Å². The third-order valence-corrected chi connectivity index (χ3v) is 4.66. The highest BCUT2D eigenvalue weighted by atomic mass is 35.5. The van der Waals surface area contributed by atoms with E-state index in [0.29, 0.717) is 5.92 Å². The summed E-state index contributed by atoms with van der Waals surface area (Å²) >= 11 is 6.16. The molecule has 2 rings (SSSR count). The van der Waals surface area contributed by atoms with Gasteiger partial charge in [-0.15, -0.1) is 0 Å². The van der Waals surface area contributed by atoms with E-state index in [-0.39, 0.29) is 12.1 Å². The zero-order chi connectivity index (χ0) is 15.2. The Morgan fingerprint density at radius 3 is 2.71 bits per heavy atom. The second-order valence-electron chi connectivity index (χ2n) is 6.07. The second kappa shape index (κ2) is 8.14. The van der Waals surface area contributed by atoms with E-state index in [2.05, 4.69) is 24.9 Å². The molecule has 1 aliphatic heterocycles. The third-order valence-electron chi connectivity index (χ3n) is 4.43. The summed E-state index contributed by atoms with van der Waals surface area (Å²) in [6.07, 6.45) is 3.25. The fourth-order valence-corrected chi connectivity index (χ4v) is 3.39. The Hall–Kier alpha value is -0.610. The molecular weight excluding hydrogens is 284 g/mol. The van der Waals surface area contributed by atoms with Crippen LogP contribution in [0.1, 0.15) is 37.8 Å². The van der Waals surface area contributed by atoms with Gasteiger partial charge in [0.25, 0.3) is 0 Å². The zero-order valence-electron chi connectivity index (χ0n) is 13.1. The van der Waals surface area contributed by atoms with Crippen LogP contribution in [0.4, 0.5) is 0 Å². The Morgan fingerprint density at radius 2 is 2.10 bits per heavy atom. The van der Waals surface area contributed by atoms with E-state index in [9.17, 15) is 0 Å². The maximum absolute atomic E-state index is 6.40. The lowest BCUT2D eigenvalue weighted by Gasteiger charge is -2.36. The molecular formula is C17H27ClN2O. The number of hydrogen-bond acceptors (Lipinski definition) is 3. The van der Waals surface area contributed by atoms with Gasteiger partial charge in [-0.3, -0.25) is 4.90 Å². The third kappa shape index (κ3) is 4.68. The van der Waals surface area contributed by atoms with Crippen LogP contribution in [0.5, 0.6) is 0 Å². The van der Waals surface area contributed by atoms with Crippen LogP contribution in [-0.2, 0) is 4.74 Å². The monoisotopic (exact) mass is 310 g/mol. The van der Waals surface area contributed by atoms with E-state index in [1.54, 1.807) is 0 Å². The zero-order valence-corrected chi connectivity index (χ0v) is 13.9. The normalized spacial score (nSPS) is 19.7. The highest BCUT2D eigenvalue weighted by Crippen LogP contribution is 2.28. The van der Waals surface area contributed by atoms with E-state index < -0.39 is 0 Å². The van der Waals surface area contributed by atoms with Crippen LogP contribution in [0.2, 0.25) is 5.02 Å². The van der Waals surface area contributed by atoms with Crippen molar-refractivity contribution in [3.05, 3.63) is 34.9 Å². The van der Waals surface area contributed by atoms with Gasteiger partial charge in [-0.1, -0.05) is 30.7 Å². The number of likely N-dealkylation sites (N-methyl/N-ethyl adjacent to an activating group) is 1. The van der Waals surface area contributed by atoms with Gasteiger partial charge < -0.3 is 10.5 Å². The summed E-state index contributed by atoms with van der Waals surface area (Å²) in [5, 5.41) is 0.778. The number of benzene rings is 1. The van der Waals surface area contributed by atoms with Crippen LogP contribution in [0.15, 0.2) is 24.3 Å². The molecule has 1 aliphatic rings. The van der Waals surface area contributed by atoms with E-state index in [1.165, 1.54) is 5.56 Å². The standard InChI is InChI=1S/C17H27ClN2O/c1-3-16(19)17(14-5-4-6-15(18)11-14)20(2)12-13-7-9-21-10-8-13/h4-6,11,13,16-17H,3,7-10,12,19H2,1-2H3. The minimum absolute atomic E-state index is 0.119. The first kappa shape index (κ1) is 16.8. The fourth-order valence-electron chi connectivity index (χ4n) is 3.19. The van der Waals surface area contributed by atoms with Crippen LogP contribution in [0.25, 0.3) is 0 Å². The number of ether oxygens (including phenoxy) is 1. The van der Waals surface area contributed by atoms with Crippen LogP contribution < -0.4 is 5.73 Å². The summed E-state index contributed by atoms with van der Waals surface area (Å²) in [7, 11) is 2.18. The van der Waals surface area contributed by atoms with Crippen molar-refractivity contribution in [2.75, 3.05) is 26.8 Å². The molecule has 1 heterocycles. The lowest BCUT2D eigenvalue weighted by Crippen LogP contribution is -2.41. The molecule has 1 saturated heterocycles. The summed E-state index contributed by atoms with van der Waals surface area (Å²) < 4.78 is 5.45. The van der Waals surface area contributed by atoms with Gasteiger partial charge in [0, 0.05) is 36.9 Å². The lowest BCUT2D eigenvalue weighted by molar-refractivity contribution is 0.0481. The highest BCUT2D eigenvalue weighted by Gasteiger charge is 2.26. The van der Waals surface area contributed by atoms with Gasteiger partial charge in [0.1, 0.15) is 0 Å². The molecule has 0 amide bonds. The molecule has 0 spiro atoms. The van der Waals surface area contributed by atoms with Crippen molar-refractivity contribution in [1.82, 2.24) is 4.90 Å². The van der Waals surface area contributed by atoms with Gasteiger partial charge >= 0.3 is 0 Å². The van der Waals surface area contributed by atoms with Gasteiger partial charge in [0.2, 0.25) is 0 Å². The van der Waals surface area contributed by atoms with Gasteiger partial charge in [0.15, 0.2) is 0 Å². The number of hydrogen-bond donors (Lipinski definition) is 1. The van der Waals surface area contributed by atoms with Crippen molar-refractivity contribution in [2.45, 2.75) is 38.3 Å². The predicted molar refractivity (Wildman–Crippen MR) is 88.6 cm³/mol. The molecule has 0 radical (unpaired) electrons. The van der Waals surface area contributed by atoms with Gasteiger partial charge in [0.05, 0.1) is 0 Å². The fraction of sp³-hybridized carbons (Fsp3) is 0.647. The summed E-state index contributed by atoms with van der Waals surface area (Å²) in [5.41, 5.74) is 7.61. The number of rotatable bonds is 6. The summed E-state index contributed by atoms with van der Waals surface area (Å²) in [4.78, 5) is 2.40. The molecule has 0 aromatic heterocycles. The molecule has 3 nitrogen and oxygen atoms in total. The quantitative estimate of drug-likeness (QED) is 0.874. The topological polar surface area (TPSA) is 38.5 Å². The molecule has 21 heavy (non-hydrogen) atoms. The maximum Gasteiger partial charge on any atom is 0.0496 e. The van der Waals surface area contributed by atoms with Crippen LogP contribution in [0, 0.1) is 5.92 Å². The van der Waals surface area contributed by atoms with Crippen molar-refractivity contribution in [1.29, 1.82) is 0 Å². The Balaban J connectivity index is 2.11. The smallest absolute Gasteiger partial charge is 0.0496 e. The van der Waals surface area contributed by atoms with Crippen molar-refractivity contribution in [3.8, 4) is 0 Å². The van der Waals surface area contributed by atoms with Gasteiger partial charge in [-0.2, -0.15) is 0 Å². The minimum atomic E-state index is 0.119. The number of nitrogens with zero attached hydrogens (tertiary/aromatic N) is 1. The first-order chi connectivity index (χ1) is 10.1. The Labute approximate surface area is 133 Å². The first-order valence-corrected chi connectivity index (χ1v) is 8.28. The molecule has 1 aromatic rings. The molecule has 0 saturated carbocycles. The lowest BCUT2D eigenvalue weighted by atomic mass is 9.93. The minimum Gasteiger partial charge on any atom is -0.381 e. The number of nitrogens with two attached hydrogens (primary N) is 1. The van der Waals surface area contributed by atoms with Crippen LogP contribution in [-0.4, -0.2) is 37.7 Å². The van der Waals surface area contributed by atoms with Crippen molar-refractivity contribution >= 4 is 11.6 Å². The molecule has 2 atom stereocenters. The summed E-state index contributed by atoms with van der Waals surface area (Å²) in [6.45, 7) is 4.99. The van der Waals surface area contributed by atoms with Crippen molar-refractivity contribution in [2.24, 2.45) is 11.7 Å². The van der Waals surface area contributed by atoms with Crippen LogP contribution >= 0.6 is 11.6 Å². The first-order valence-electron chi connectivity index (χ1n) is 7.90. The molecule has 0 aliphatic carbocycles. The Morgan fingerprint density at radius 1 is 1.38 bits per heavy atom. The second-order valence-corrected chi connectivity index (χ2v) is 6.50. The average Bonchev–Trinajstić information content (AvgIpc) is 2.48. The van der Waals surface area contributed by atoms with Gasteiger partial charge in [-0.05, 0) is 49.9 Å². The molecule has 4 heteroatoms. The maximum atomic E-state index is 6.40.